The number of benzene rings is 2. The average molecular weight is 490 g/mol. The predicted octanol–water partition coefficient (Wildman–Crippen LogP) is 1.38. The topological polar surface area (TPSA) is 103 Å². The molecule has 0 radical (unpaired) electrons. The number of nitrogens with one attached hydrogen (secondary N) is 4. The average Bonchev–Trinajstić information content (AvgIpc) is 2.89. The summed E-state index contributed by atoms with van der Waals surface area (Å²) < 4.78 is 0. The summed E-state index contributed by atoms with van der Waals surface area (Å²) in [6.45, 7) is 2.20. The van der Waals surface area contributed by atoms with Crippen molar-refractivity contribution in [2.75, 3.05) is 19.6 Å². The van der Waals surface area contributed by atoms with Crippen molar-refractivity contribution in [3.63, 3.8) is 0 Å². The van der Waals surface area contributed by atoms with Gasteiger partial charge in [0.15, 0.2) is 0 Å². The standard InChI is InChI=1S/C28H35N5O3/c34-23-18-22(26(35)29-14-11-19-7-3-1-4-8-19)24-25(30-23)31-28(32-27(24)36)33-15-12-21(13-16-33)17-20-9-5-2-6-10-20/h1-10,21-22,24-25,28,31H,11-18H2,(H,29,35)(H,30,34)(H,32,36). The second-order valence-electron chi connectivity index (χ2n) is 10.2. The fourth-order valence-corrected chi connectivity index (χ4v) is 5.72. The Morgan fingerprint density at radius 2 is 1.58 bits per heavy atom. The molecule has 0 saturated carbocycles. The van der Waals surface area contributed by atoms with Gasteiger partial charge in [0.2, 0.25) is 17.7 Å². The molecule has 3 heterocycles. The lowest BCUT2D eigenvalue weighted by Crippen LogP contribution is -2.74. The molecule has 5 rings (SSSR count). The molecule has 3 amide bonds. The normalized spacial score (nSPS) is 27.0. The van der Waals surface area contributed by atoms with Crippen LogP contribution in [0.25, 0.3) is 0 Å². The maximum Gasteiger partial charge on any atom is 0.229 e. The van der Waals surface area contributed by atoms with Gasteiger partial charge in [0.05, 0.1) is 18.0 Å². The van der Waals surface area contributed by atoms with Gasteiger partial charge in [-0.3, -0.25) is 24.6 Å². The summed E-state index contributed by atoms with van der Waals surface area (Å²) in [7, 11) is 0. The first-order valence-corrected chi connectivity index (χ1v) is 13.0. The Bertz CT molecular complexity index is 1060. The van der Waals surface area contributed by atoms with Crippen LogP contribution in [0.4, 0.5) is 0 Å². The summed E-state index contributed by atoms with van der Waals surface area (Å²) in [5.41, 5.74) is 2.49. The van der Waals surface area contributed by atoms with Crippen molar-refractivity contribution in [3.8, 4) is 0 Å². The Balaban J connectivity index is 1.15. The molecular formula is C28H35N5O3. The zero-order valence-electron chi connectivity index (χ0n) is 20.5. The van der Waals surface area contributed by atoms with Crippen molar-refractivity contribution in [2.45, 2.75) is 44.6 Å². The Morgan fingerprint density at radius 1 is 0.917 bits per heavy atom. The molecule has 3 fully saturated rings. The largest absolute Gasteiger partial charge is 0.355 e. The maximum atomic E-state index is 13.2. The minimum absolute atomic E-state index is 0.0168. The van der Waals surface area contributed by atoms with Gasteiger partial charge in [0.25, 0.3) is 0 Å². The highest BCUT2D eigenvalue weighted by atomic mass is 16.2. The van der Waals surface area contributed by atoms with E-state index in [1.807, 2.05) is 36.4 Å². The minimum Gasteiger partial charge on any atom is -0.355 e. The SMILES string of the molecule is O=C1CC(C(=O)NCCc2ccccc2)C2C(=O)NC(N3CCC(Cc4ccccc4)CC3)NC2N1. The van der Waals surface area contributed by atoms with Crippen LogP contribution in [0.15, 0.2) is 60.7 Å². The lowest BCUT2D eigenvalue weighted by Gasteiger charge is -2.47. The maximum absolute atomic E-state index is 13.2. The van der Waals surface area contributed by atoms with Crippen LogP contribution in [0.1, 0.15) is 30.4 Å². The number of hydrogen-bond acceptors (Lipinski definition) is 5. The van der Waals surface area contributed by atoms with Gasteiger partial charge >= 0.3 is 0 Å². The molecule has 36 heavy (non-hydrogen) atoms. The van der Waals surface area contributed by atoms with Gasteiger partial charge in [0, 0.05) is 26.1 Å². The van der Waals surface area contributed by atoms with E-state index in [1.54, 1.807) is 0 Å². The molecule has 4 N–H and O–H groups in total. The second-order valence-corrected chi connectivity index (χ2v) is 10.2. The summed E-state index contributed by atoms with van der Waals surface area (Å²) in [4.78, 5) is 40.9. The van der Waals surface area contributed by atoms with Crippen LogP contribution in [0.2, 0.25) is 0 Å². The number of likely N-dealkylation sites (tertiary alicyclic amines) is 1. The molecule has 4 unspecified atom stereocenters. The number of hydrogen-bond donors (Lipinski definition) is 4. The van der Waals surface area contributed by atoms with Gasteiger partial charge in [-0.25, -0.2) is 0 Å². The highest BCUT2D eigenvalue weighted by Crippen LogP contribution is 2.28. The zero-order chi connectivity index (χ0) is 24.9. The minimum atomic E-state index is -0.690. The zero-order valence-corrected chi connectivity index (χ0v) is 20.5. The molecule has 0 bridgehead atoms. The van der Waals surface area contributed by atoms with E-state index in [9.17, 15) is 14.4 Å². The van der Waals surface area contributed by atoms with Crippen LogP contribution in [0, 0.1) is 17.8 Å². The van der Waals surface area contributed by atoms with E-state index in [-0.39, 0.29) is 30.4 Å². The number of fused-ring (bicyclic) bond motifs is 1. The third-order valence-corrected chi connectivity index (χ3v) is 7.71. The van der Waals surface area contributed by atoms with Crippen molar-refractivity contribution < 1.29 is 14.4 Å². The fraction of sp³-hybridized carbons (Fsp3) is 0.464. The second kappa shape index (κ2) is 11.2. The molecule has 4 atom stereocenters. The number of amides is 3. The Kier molecular flexibility index (Phi) is 7.63. The first kappa shape index (κ1) is 24.5. The summed E-state index contributed by atoms with van der Waals surface area (Å²) in [5.74, 6) is -1.34. The highest BCUT2D eigenvalue weighted by molar-refractivity contribution is 5.94. The molecule has 3 saturated heterocycles. The number of piperidine rings is 2. The molecule has 3 aliphatic heterocycles. The summed E-state index contributed by atoms with van der Waals surface area (Å²) in [5, 5.41) is 12.3. The Labute approximate surface area is 212 Å². The summed E-state index contributed by atoms with van der Waals surface area (Å²) in [6, 6.07) is 20.5. The molecule has 2 aromatic rings. The summed E-state index contributed by atoms with van der Waals surface area (Å²) >= 11 is 0. The molecule has 190 valence electrons. The molecule has 2 aromatic carbocycles. The van der Waals surface area contributed by atoms with E-state index in [1.165, 1.54) is 5.56 Å². The fourth-order valence-electron chi connectivity index (χ4n) is 5.72. The van der Waals surface area contributed by atoms with E-state index >= 15 is 0 Å². The van der Waals surface area contributed by atoms with Crippen LogP contribution in [0.3, 0.4) is 0 Å². The molecule has 8 nitrogen and oxygen atoms in total. The van der Waals surface area contributed by atoms with Crippen molar-refractivity contribution in [1.29, 1.82) is 0 Å². The molecule has 0 aromatic heterocycles. The van der Waals surface area contributed by atoms with Crippen LogP contribution in [0.5, 0.6) is 0 Å². The van der Waals surface area contributed by atoms with Crippen LogP contribution in [-0.4, -0.2) is 54.7 Å². The van der Waals surface area contributed by atoms with Crippen molar-refractivity contribution >= 4 is 17.7 Å². The van der Waals surface area contributed by atoms with Gasteiger partial charge in [-0.1, -0.05) is 60.7 Å². The quantitative estimate of drug-likeness (QED) is 0.471. The smallest absolute Gasteiger partial charge is 0.229 e. The lowest BCUT2D eigenvalue weighted by atomic mass is 9.81. The monoisotopic (exact) mass is 489 g/mol. The van der Waals surface area contributed by atoms with E-state index in [2.05, 4.69) is 50.4 Å². The molecular weight excluding hydrogens is 454 g/mol. The van der Waals surface area contributed by atoms with Crippen molar-refractivity contribution in [3.05, 3.63) is 71.8 Å². The molecule has 0 aliphatic carbocycles. The number of carbonyl (C=O) groups is 3. The van der Waals surface area contributed by atoms with Crippen LogP contribution in [-0.2, 0) is 27.2 Å². The number of carbonyl (C=O) groups excluding carboxylic acids is 3. The van der Waals surface area contributed by atoms with Crippen LogP contribution >= 0.6 is 0 Å². The Morgan fingerprint density at radius 3 is 2.28 bits per heavy atom. The van der Waals surface area contributed by atoms with Crippen molar-refractivity contribution in [1.82, 2.24) is 26.2 Å². The van der Waals surface area contributed by atoms with E-state index < -0.39 is 18.0 Å². The first-order valence-electron chi connectivity index (χ1n) is 13.0. The first-order chi connectivity index (χ1) is 17.6. The van der Waals surface area contributed by atoms with Gasteiger partial charge in [-0.15, -0.1) is 0 Å². The van der Waals surface area contributed by atoms with Gasteiger partial charge in [-0.2, -0.15) is 0 Å². The Hall–Kier alpha value is -3.23. The lowest BCUT2D eigenvalue weighted by molar-refractivity contribution is -0.149. The van der Waals surface area contributed by atoms with Gasteiger partial charge in [-0.05, 0) is 42.7 Å². The highest BCUT2D eigenvalue weighted by Gasteiger charge is 2.49. The van der Waals surface area contributed by atoms with E-state index in [4.69, 9.17) is 0 Å². The third kappa shape index (κ3) is 5.77. The van der Waals surface area contributed by atoms with Gasteiger partial charge in [0.1, 0.15) is 6.29 Å². The predicted molar refractivity (Wildman–Crippen MR) is 136 cm³/mol. The van der Waals surface area contributed by atoms with Crippen LogP contribution < -0.4 is 21.3 Å². The number of rotatable bonds is 7. The van der Waals surface area contributed by atoms with E-state index in [0.29, 0.717) is 18.9 Å². The van der Waals surface area contributed by atoms with Gasteiger partial charge < -0.3 is 16.0 Å². The third-order valence-electron chi connectivity index (χ3n) is 7.71. The number of nitrogens with zero attached hydrogens (tertiary/aromatic N) is 1. The van der Waals surface area contributed by atoms with E-state index in [0.717, 1.165) is 37.9 Å². The van der Waals surface area contributed by atoms with Crippen molar-refractivity contribution in [2.24, 2.45) is 17.8 Å². The molecule has 8 heteroatoms. The summed E-state index contributed by atoms with van der Waals surface area (Å²) in [6.07, 6.45) is 2.98. The molecule has 3 aliphatic rings. The molecule has 0 spiro atoms.